The van der Waals surface area contributed by atoms with Crippen LogP contribution in [0.5, 0.6) is 0 Å². The van der Waals surface area contributed by atoms with E-state index in [2.05, 4.69) is 0 Å². The number of aliphatic carboxylic acids is 1. The van der Waals surface area contributed by atoms with Crippen LogP contribution < -0.4 is 0 Å². The summed E-state index contributed by atoms with van der Waals surface area (Å²) in [7, 11) is 0. The van der Waals surface area contributed by atoms with Gasteiger partial charge in [0.05, 0.1) is 5.56 Å². The zero-order chi connectivity index (χ0) is 15.6. The van der Waals surface area contributed by atoms with Gasteiger partial charge in [-0.2, -0.15) is 0 Å². The molecule has 0 radical (unpaired) electrons. The molecule has 1 aliphatic heterocycles. The van der Waals surface area contributed by atoms with Gasteiger partial charge in [-0.3, -0.25) is 14.5 Å². The molecule has 0 aromatic heterocycles. The fourth-order valence-electron chi connectivity index (χ4n) is 2.30. The number of hydrogen-bond acceptors (Lipinski definition) is 3. The molecule has 0 aliphatic carbocycles. The summed E-state index contributed by atoms with van der Waals surface area (Å²) in [6, 6.07) is 2.13. The van der Waals surface area contributed by atoms with Crippen LogP contribution in [0.3, 0.4) is 0 Å². The molecule has 1 N–H and O–H groups in total. The summed E-state index contributed by atoms with van der Waals surface area (Å²) in [5.41, 5.74) is -0.297. The van der Waals surface area contributed by atoms with E-state index >= 15 is 0 Å². The highest BCUT2D eigenvalue weighted by Gasteiger charge is 2.28. The lowest BCUT2D eigenvalue weighted by molar-refractivity contribution is -0.143. The van der Waals surface area contributed by atoms with Crippen LogP contribution in [-0.2, 0) is 4.79 Å². The van der Waals surface area contributed by atoms with Crippen molar-refractivity contribution in [2.45, 2.75) is 13.0 Å². The third-order valence-electron chi connectivity index (χ3n) is 3.67. The van der Waals surface area contributed by atoms with Crippen molar-refractivity contribution in [1.29, 1.82) is 0 Å². The largest absolute Gasteiger partial charge is 0.480 e. The van der Waals surface area contributed by atoms with Crippen LogP contribution in [0.1, 0.15) is 17.3 Å². The van der Waals surface area contributed by atoms with Crippen molar-refractivity contribution in [3.8, 4) is 0 Å². The van der Waals surface area contributed by atoms with Crippen molar-refractivity contribution < 1.29 is 23.5 Å². The second-order valence-corrected chi connectivity index (χ2v) is 4.97. The number of amides is 1. The lowest BCUT2D eigenvalue weighted by Gasteiger charge is -2.36. The number of nitrogens with zero attached hydrogens (tertiary/aromatic N) is 2. The van der Waals surface area contributed by atoms with E-state index < -0.39 is 29.6 Å². The van der Waals surface area contributed by atoms with Gasteiger partial charge in [-0.1, -0.05) is 0 Å². The number of piperazine rings is 1. The van der Waals surface area contributed by atoms with Crippen molar-refractivity contribution in [3.63, 3.8) is 0 Å². The zero-order valence-corrected chi connectivity index (χ0v) is 11.6. The highest BCUT2D eigenvalue weighted by atomic mass is 19.1. The van der Waals surface area contributed by atoms with Gasteiger partial charge in [-0.15, -0.1) is 0 Å². The molecule has 1 heterocycles. The van der Waals surface area contributed by atoms with E-state index in [4.69, 9.17) is 5.11 Å². The minimum absolute atomic E-state index is 0.284. The molecule has 1 aromatic carbocycles. The van der Waals surface area contributed by atoms with Crippen molar-refractivity contribution in [3.05, 3.63) is 35.4 Å². The number of carboxylic acid groups (broad SMARTS) is 1. The molecule has 21 heavy (non-hydrogen) atoms. The summed E-state index contributed by atoms with van der Waals surface area (Å²) < 4.78 is 26.7. The van der Waals surface area contributed by atoms with Crippen LogP contribution >= 0.6 is 0 Å². The summed E-state index contributed by atoms with van der Waals surface area (Å²) in [5.74, 6) is -2.93. The average Bonchev–Trinajstić information content (AvgIpc) is 2.48. The average molecular weight is 298 g/mol. The molecular weight excluding hydrogens is 282 g/mol. The first-order chi connectivity index (χ1) is 9.90. The number of carbonyl (C=O) groups excluding carboxylic acids is 1. The maximum absolute atomic E-state index is 13.6. The van der Waals surface area contributed by atoms with Gasteiger partial charge in [0.1, 0.15) is 17.7 Å². The highest BCUT2D eigenvalue weighted by Crippen LogP contribution is 2.15. The molecule has 1 aromatic rings. The highest BCUT2D eigenvalue weighted by molar-refractivity contribution is 5.94. The summed E-state index contributed by atoms with van der Waals surface area (Å²) in [6.45, 7) is 2.91. The predicted octanol–water partition coefficient (Wildman–Crippen LogP) is 1.20. The Balaban J connectivity index is 2.03. The molecule has 114 valence electrons. The predicted molar refractivity (Wildman–Crippen MR) is 70.9 cm³/mol. The van der Waals surface area contributed by atoms with Crippen LogP contribution in [0.15, 0.2) is 18.2 Å². The molecule has 1 atom stereocenters. The first kappa shape index (κ1) is 15.4. The minimum atomic E-state index is -0.925. The first-order valence-corrected chi connectivity index (χ1v) is 6.61. The van der Waals surface area contributed by atoms with E-state index in [1.54, 1.807) is 11.8 Å². The lowest BCUT2D eigenvalue weighted by Crippen LogP contribution is -2.53. The fraction of sp³-hybridized carbons (Fsp3) is 0.429. The lowest BCUT2D eigenvalue weighted by atomic mass is 10.1. The topological polar surface area (TPSA) is 60.9 Å². The van der Waals surface area contributed by atoms with Gasteiger partial charge in [0, 0.05) is 26.2 Å². The first-order valence-electron chi connectivity index (χ1n) is 6.61. The van der Waals surface area contributed by atoms with Gasteiger partial charge < -0.3 is 10.0 Å². The Kier molecular flexibility index (Phi) is 4.52. The van der Waals surface area contributed by atoms with E-state index in [1.807, 2.05) is 0 Å². The number of halogens is 2. The Labute approximate surface area is 120 Å². The Morgan fingerprint density at radius 1 is 1.19 bits per heavy atom. The van der Waals surface area contributed by atoms with E-state index in [0.29, 0.717) is 13.1 Å². The van der Waals surface area contributed by atoms with E-state index in [9.17, 15) is 18.4 Å². The summed E-state index contributed by atoms with van der Waals surface area (Å²) >= 11 is 0. The van der Waals surface area contributed by atoms with Gasteiger partial charge in [-0.25, -0.2) is 8.78 Å². The SMILES string of the molecule is CC(C(=O)O)N1CCN(C(=O)c2cc(F)ccc2F)CC1. The quantitative estimate of drug-likeness (QED) is 0.911. The Bertz CT molecular complexity index is 557. The number of carbonyl (C=O) groups is 2. The zero-order valence-electron chi connectivity index (χ0n) is 11.6. The molecule has 0 bridgehead atoms. The molecule has 2 rings (SSSR count). The molecule has 1 saturated heterocycles. The third kappa shape index (κ3) is 3.36. The van der Waals surface area contributed by atoms with Crippen LogP contribution in [0.4, 0.5) is 8.78 Å². The summed E-state index contributed by atoms with van der Waals surface area (Å²) in [4.78, 5) is 26.2. The smallest absolute Gasteiger partial charge is 0.320 e. The number of rotatable bonds is 3. The third-order valence-corrected chi connectivity index (χ3v) is 3.67. The van der Waals surface area contributed by atoms with Crippen molar-refractivity contribution in [1.82, 2.24) is 9.80 Å². The molecule has 0 saturated carbocycles. The number of benzene rings is 1. The van der Waals surface area contributed by atoms with Gasteiger partial charge in [0.2, 0.25) is 0 Å². The molecule has 1 fully saturated rings. The van der Waals surface area contributed by atoms with Gasteiger partial charge in [0.15, 0.2) is 0 Å². The molecule has 1 aliphatic rings. The summed E-state index contributed by atoms with van der Waals surface area (Å²) in [5, 5.41) is 8.94. The fourth-order valence-corrected chi connectivity index (χ4v) is 2.30. The Morgan fingerprint density at radius 2 is 1.81 bits per heavy atom. The molecular formula is C14H16F2N2O3. The summed E-state index contributed by atoms with van der Waals surface area (Å²) in [6.07, 6.45) is 0. The van der Waals surface area contributed by atoms with Crippen LogP contribution in [0, 0.1) is 11.6 Å². The van der Waals surface area contributed by atoms with E-state index in [1.165, 1.54) is 4.90 Å². The second-order valence-electron chi connectivity index (χ2n) is 4.97. The normalized spacial score (nSPS) is 17.6. The van der Waals surface area contributed by atoms with Crippen LogP contribution in [0.2, 0.25) is 0 Å². The maximum Gasteiger partial charge on any atom is 0.320 e. The maximum atomic E-state index is 13.6. The Morgan fingerprint density at radius 3 is 2.38 bits per heavy atom. The molecule has 0 spiro atoms. The van der Waals surface area contributed by atoms with Crippen LogP contribution in [0.25, 0.3) is 0 Å². The standard InChI is InChI=1S/C14H16F2N2O3/c1-9(14(20)21)17-4-6-18(7-5-17)13(19)11-8-10(15)2-3-12(11)16/h2-3,8-9H,4-7H2,1H3,(H,20,21). The number of carboxylic acids is 1. The molecule has 1 amide bonds. The molecule has 5 nitrogen and oxygen atoms in total. The van der Waals surface area contributed by atoms with E-state index in [-0.39, 0.29) is 18.7 Å². The Hall–Kier alpha value is -2.02. The molecule has 1 unspecified atom stereocenters. The van der Waals surface area contributed by atoms with Gasteiger partial charge in [0.25, 0.3) is 5.91 Å². The van der Waals surface area contributed by atoms with E-state index in [0.717, 1.165) is 18.2 Å². The monoisotopic (exact) mass is 298 g/mol. The number of hydrogen-bond donors (Lipinski definition) is 1. The second kappa shape index (κ2) is 6.17. The van der Waals surface area contributed by atoms with Crippen molar-refractivity contribution in [2.24, 2.45) is 0 Å². The van der Waals surface area contributed by atoms with Crippen molar-refractivity contribution >= 4 is 11.9 Å². The van der Waals surface area contributed by atoms with Gasteiger partial charge in [-0.05, 0) is 25.1 Å². The van der Waals surface area contributed by atoms with Crippen LogP contribution in [-0.4, -0.2) is 59.0 Å². The van der Waals surface area contributed by atoms with Crippen molar-refractivity contribution in [2.75, 3.05) is 26.2 Å². The van der Waals surface area contributed by atoms with Gasteiger partial charge >= 0.3 is 5.97 Å². The molecule has 7 heteroatoms. The minimum Gasteiger partial charge on any atom is -0.480 e.